The lowest BCUT2D eigenvalue weighted by atomic mass is 9.91. The molecule has 0 bridgehead atoms. The molecule has 2 heterocycles. The van der Waals surface area contributed by atoms with Gasteiger partial charge in [-0.25, -0.2) is 4.79 Å². The van der Waals surface area contributed by atoms with Crippen LogP contribution in [0.4, 0.5) is 4.79 Å². The standard InChI is InChI=1S/C23H26N2O2/c1-6-9-17-13-24(5)23(27)25-20-12-16(14-26)10-11-19(20)21(15(4)7-2)22(25)18(17)8-3/h6,8-12,14-15H,3,7,13H2,1-2,4-5H3/b9-6-. The van der Waals surface area contributed by atoms with Gasteiger partial charge in [0, 0.05) is 30.1 Å². The SMILES string of the molecule is C=CC1=C(/C=C\C)CN(C)C(=O)n2c1c(C(C)CC)c1ccc(C=O)cc12. The fourth-order valence-electron chi connectivity index (χ4n) is 3.87. The summed E-state index contributed by atoms with van der Waals surface area (Å²) in [5.41, 5.74) is 5.43. The number of benzene rings is 1. The lowest BCUT2D eigenvalue weighted by molar-refractivity contribution is 0.112. The van der Waals surface area contributed by atoms with E-state index < -0.39 is 0 Å². The van der Waals surface area contributed by atoms with E-state index in [4.69, 9.17) is 0 Å². The third-order valence-corrected chi connectivity index (χ3v) is 5.37. The second kappa shape index (κ2) is 7.39. The van der Waals surface area contributed by atoms with Crippen molar-refractivity contribution in [1.29, 1.82) is 0 Å². The summed E-state index contributed by atoms with van der Waals surface area (Å²) in [4.78, 5) is 26.4. The topological polar surface area (TPSA) is 42.3 Å². The Morgan fingerprint density at radius 1 is 1.33 bits per heavy atom. The molecule has 2 aromatic rings. The van der Waals surface area contributed by atoms with Crippen LogP contribution in [0.1, 0.15) is 54.7 Å². The predicted molar refractivity (Wildman–Crippen MR) is 111 cm³/mol. The lowest BCUT2D eigenvalue weighted by Crippen LogP contribution is -2.31. The summed E-state index contributed by atoms with van der Waals surface area (Å²) in [6.07, 6.45) is 7.66. The molecule has 1 aromatic carbocycles. The van der Waals surface area contributed by atoms with E-state index in [2.05, 4.69) is 20.4 Å². The molecule has 0 radical (unpaired) electrons. The van der Waals surface area contributed by atoms with Gasteiger partial charge in [-0.2, -0.15) is 0 Å². The average Bonchev–Trinajstić information content (AvgIpc) is 2.96. The molecule has 1 amide bonds. The molecule has 0 N–H and O–H groups in total. The summed E-state index contributed by atoms with van der Waals surface area (Å²) in [6, 6.07) is 5.50. The summed E-state index contributed by atoms with van der Waals surface area (Å²) in [5.74, 6) is 0.267. The second-order valence-corrected chi connectivity index (χ2v) is 7.08. The molecule has 0 saturated carbocycles. The molecule has 0 spiro atoms. The van der Waals surface area contributed by atoms with Crippen molar-refractivity contribution in [2.45, 2.75) is 33.1 Å². The van der Waals surface area contributed by atoms with E-state index in [9.17, 15) is 9.59 Å². The molecule has 1 atom stereocenters. The van der Waals surface area contributed by atoms with Gasteiger partial charge in [-0.15, -0.1) is 0 Å². The van der Waals surface area contributed by atoms with Crippen molar-refractivity contribution in [3.63, 3.8) is 0 Å². The van der Waals surface area contributed by atoms with Crippen LogP contribution < -0.4 is 0 Å². The zero-order chi connectivity index (χ0) is 19.7. The number of carbonyl (C=O) groups is 2. The van der Waals surface area contributed by atoms with Crippen LogP contribution in [0.25, 0.3) is 16.5 Å². The van der Waals surface area contributed by atoms with Crippen LogP contribution in [0.2, 0.25) is 0 Å². The highest BCUT2D eigenvalue weighted by atomic mass is 16.2. The first-order valence-corrected chi connectivity index (χ1v) is 9.36. The fourth-order valence-corrected chi connectivity index (χ4v) is 3.87. The fraction of sp³-hybridized carbons (Fsp3) is 0.304. The minimum atomic E-state index is -0.0912. The molecule has 1 aromatic heterocycles. The Hall–Kier alpha value is -2.88. The highest BCUT2D eigenvalue weighted by Crippen LogP contribution is 2.40. The molecule has 1 aliphatic heterocycles. The monoisotopic (exact) mass is 362 g/mol. The number of hydrogen-bond donors (Lipinski definition) is 0. The first-order valence-electron chi connectivity index (χ1n) is 9.36. The van der Waals surface area contributed by atoms with E-state index in [0.29, 0.717) is 12.1 Å². The molecule has 4 heteroatoms. The zero-order valence-electron chi connectivity index (χ0n) is 16.5. The smallest absolute Gasteiger partial charge is 0.323 e. The third-order valence-electron chi connectivity index (χ3n) is 5.37. The van der Waals surface area contributed by atoms with E-state index in [1.807, 2.05) is 43.4 Å². The van der Waals surface area contributed by atoms with E-state index in [0.717, 1.165) is 46.0 Å². The van der Waals surface area contributed by atoms with Gasteiger partial charge in [-0.1, -0.05) is 50.8 Å². The third kappa shape index (κ3) is 2.95. The number of fused-ring (bicyclic) bond motifs is 3. The van der Waals surface area contributed by atoms with Crippen molar-refractivity contribution >= 4 is 28.8 Å². The van der Waals surface area contributed by atoms with Gasteiger partial charge in [-0.3, -0.25) is 9.36 Å². The molecule has 3 rings (SSSR count). The Morgan fingerprint density at radius 2 is 2.07 bits per heavy atom. The zero-order valence-corrected chi connectivity index (χ0v) is 16.5. The highest BCUT2D eigenvalue weighted by Gasteiger charge is 2.30. The summed E-state index contributed by atoms with van der Waals surface area (Å²) >= 11 is 0. The maximum Gasteiger partial charge on any atom is 0.329 e. The molecule has 27 heavy (non-hydrogen) atoms. The van der Waals surface area contributed by atoms with E-state index >= 15 is 0 Å². The Balaban J connectivity index is 2.55. The number of rotatable bonds is 5. The predicted octanol–water partition coefficient (Wildman–Crippen LogP) is 5.40. The van der Waals surface area contributed by atoms with Crippen LogP contribution in [0.3, 0.4) is 0 Å². The van der Waals surface area contributed by atoms with Gasteiger partial charge >= 0.3 is 6.03 Å². The largest absolute Gasteiger partial charge is 0.329 e. The highest BCUT2D eigenvalue weighted by molar-refractivity contribution is 6.03. The maximum atomic E-state index is 13.3. The summed E-state index contributed by atoms with van der Waals surface area (Å²) in [5, 5.41) is 1.02. The Morgan fingerprint density at radius 3 is 2.67 bits per heavy atom. The van der Waals surface area contributed by atoms with Crippen molar-refractivity contribution in [2.75, 3.05) is 13.6 Å². The second-order valence-electron chi connectivity index (χ2n) is 7.08. The number of likely N-dealkylation sites (N-methyl/N-ethyl adjacent to an activating group) is 1. The van der Waals surface area contributed by atoms with Gasteiger partial charge in [0.2, 0.25) is 0 Å². The van der Waals surface area contributed by atoms with Crippen molar-refractivity contribution < 1.29 is 9.59 Å². The van der Waals surface area contributed by atoms with Gasteiger partial charge in [0.1, 0.15) is 6.29 Å². The Bertz CT molecular complexity index is 991. The average molecular weight is 362 g/mol. The molecule has 1 aliphatic rings. The number of allylic oxidation sites excluding steroid dienone is 3. The van der Waals surface area contributed by atoms with E-state index in [1.54, 1.807) is 16.5 Å². The number of aromatic nitrogens is 1. The quantitative estimate of drug-likeness (QED) is 0.669. The molecule has 1 unspecified atom stereocenters. The lowest BCUT2D eigenvalue weighted by Gasteiger charge is -2.16. The molecule has 0 fully saturated rings. The number of aldehydes is 1. The molecular formula is C23H26N2O2. The van der Waals surface area contributed by atoms with Crippen LogP contribution in [0.15, 0.2) is 48.6 Å². The van der Waals surface area contributed by atoms with Crippen molar-refractivity contribution in [1.82, 2.24) is 9.47 Å². The molecule has 4 nitrogen and oxygen atoms in total. The molecule has 140 valence electrons. The maximum absolute atomic E-state index is 13.3. The minimum absolute atomic E-state index is 0.0912. The van der Waals surface area contributed by atoms with Gasteiger partial charge in [0.25, 0.3) is 0 Å². The molecular weight excluding hydrogens is 336 g/mol. The molecule has 0 saturated heterocycles. The van der Waals surface area contributed by atoms with Gasteiger partial charge < -0.3 is 4.90 Å². The van der Waals surface area contributed by atoms with E-state index in [1.165, 1.54) is 0 Å². The van der Waals surface area contributed by atoms with Crippen LogP contribution in [-0.2, 0) is 0 Å². The molecule has 0 aliphatic carbocycles. The van der Waals surface area contributed by atoms with Crippen molar-refractivity contribution in [2.24, 2.45) is 0 Å². The Labute approximate surface area is 160 Å². The van der Waals surface area contributed by atoms with Crippen LogP contribution >= 0.6 is 0 Å². The van der Waals surface area contributed by atoms with Crippen molar-refractivity contribution in [3.8, 4) is 0 Å². The first-order chi connectivity index (χ1) is 13.0. The Kier molecular flexibility index (Phi) is 5.17. The number of carbonyl (C=O) groups excluding carboxylic acids is 2. The van der Waals surface area contributed by atoms with Crippen LogP contribution in [0, 0.1) is 0 Å². The van der Waals surface area contributed by atoms with Gasteiger partial charge in [0.15, 0.2) is 0 Å². The van der Waals surface area contributed by atoms with Crippen LogP contribution in [-0.4, -0.2) is 35.4 Å². The van der Waals surface area contributed by atoms with Gasteiger partial charge in [0.05, 0.1) is 11.2 Å². The number of amides is 1. The summed E-state index contributed by atoms with van der Waals surface area (Å²) in [7, 11) is 1.81. The minimum Gasteiger partial charge on any atom is -0.323 e. The number of hydrogen-bond acceptors (Lipinski definition) is 2. The van der Waals surface area contributed by atoms with E-state index in [-0.39, 0.29) is 11.9 Å². The summed E-state index contributed by atoms with van der Waals surface area (Å²) < 4.78 is 1.76. The first kappa shape index (κ1) is 18.9. The summed E-state index contributed by atoms with van der Waals surface area (Å²) in [6.45, 7) is 10.9. The normalized spacial score (nSPS) is 16.0. The van der Waals surface area contributed by atoms with Crippen LogP contribution in [0.5, 0.6) is 0 Å². The van der Waals surface area contributed by atoms with Gasteiger partial charge in [-0.05, 0) is 36.5 Å². The number of nitrogens with zero attached hydrogens (tertiary/aromatic N) is 2. The van der Waals surface area contributed by atoms with Crippen molar-refractivity contribution in [3.05, 3.63) is 65.4 Å².